The molecule has 1 aliphatic rings. The fourth-order valence-electron chi connectivity index (χ4n) is 2.05. The van der Waals surface area contributed by atoms with E-state index in [4.69, 9.17) is 4.74 Å². The molecule has 0 bridgehead atoms. The molecule has 1 fully saturated rings. The summed E-state index contributed by atoms with van der Waals surface area (Å²) in [6.07, 6.45) is 0.853. The van der Waals surface area contributed by atoms with Crippen molar-refractivity contribution in [3.63, 3.8) is 0 Å². The summed E-state index contributed by atoms with van der Waals surface area (Å²) in [5.74, 6) is 0.732. The molecule has 2 N–H and O–H groups in total. The van der Waals surface area contributed by atoms with E-state index in [-0.39, 0.29) is 5.60 Å². The van der Waals surface area contributed by atoms with Gasteiger partial charge in [-0.1, -0.05) is 0 Å². The predicted octanol–water partition coefficient (Wildman–Crippen LogP) is 0.704. The zero-order valence-corrected chi connectivity index (χ0v) is 11.7. The molecule has 0 aliphatic carbocycles. The minimum atomic E-state index is -0.409. The Bertz CT molecular complexity index is 216. The number of aliphatic hydroxyl groups is 1. The van der Waals surface area contributed by atoms with Crippen molar-refractivity contribution in [1.82, 2.24) is 10.2 Å². The topological polar surface area (TPSA) is 44.7 Å². The van der Waals surface area contributed by atoms with Crippen LogP contribution in [0.3, 0.4) is 0 Å². The van der Waals surface area contributed by atoms with E-state index in [0.29, 0.717) is 13.2 Å². The minimum absolute atomic E-state index is 0.171. The molecule has 17 heavy (non-hydrogen) atoms. The molecule has 102 valence electrons. The van der Waals surface area contributed by atoms with E-state index in [1.807, 2.05) is 20.8 Å². The highest BCUT2D eigenvalue weighted by Crippen LogP contribution is 2.12. The second-order valence-corrected chi connectivity index (χ2v) is 6.15. The van der Waals surface area contributed by atoms with Crippen molar-refractivity contribution in [3.8, 4) is 0 Å². The van der Waals surface area contributed by atoms with Crippen LogP contribution in [0.4, 0.5) is 0 Å². The van der Waals surface area contributed by atoms with Gasteiger partial charge in [0.2, 0.25) is 0 Å². The molecule has 0 amide bonds. The van der Waals surface area contributed by atoms with Crippen LogP contribution in [0, 0.1) is 5.92 Å². The fraction of sp³-hybridized carbons (Fsp3) is 1.00. The third-order valence-electron chi connectivity index (χ3n) is 3.01. The number of likely N-dealkylation sites (tertiary alicyclic amines) is 1. The highest BCUT2D eigenvalue weighted by Gasteiger charge is 2.19. The highest BCUT2D eigenvalue weighted by molar-refractivity contribution is 4.75. The number of ether oxygens (including phenoxy) is 1. The first-order valence-electron chi connectivity index (χ1n) is 6.58. The van der Waals surface area contributed by atoms with E-state index in [9.17, 15) is 5.11 Å². The van der Waals surface area contributed by atoms with Crippen LogP contribution in [0.2, 0.25) is 0 Å². The number of nitrogens with one attached hydrogen (secondary N) is 1. The molecule has 1 aliphatic heterocycles. The first-order chi connectivity index (χ1) is 7.87. The number of aliphatic hydroxyl groups excluding tert-OH is 1. The van der Waals surface area contributed by atoms with Crippen LogP contribution in [0.25, 0.3) is 0 Å². The van der Waals surface area contributed by atoms with Crippen molar-refractivity contribution in [3.05, 3.63) is 0 Å². The van der Waals surface area contributed by atoms with Gasteiger partial charge in [-0.3, -0.25) is 0 Å². The number of hydrogen-bond acceptors (Lipinski definition) is 4. The summed E-state index contributed by atoms with van der Waals surface area (Å²) < 4.78 is 5.53. The lowest BCUT2D eigenvalue weighted by atomic mass is 10.1. The molecule has 0 aromatic rings. The molecule has 1 rings (SSSR count). The van der Waals surface area contributed by atoms with Gasteiger partial charge in [0, 0.05) is 13.1 Å². The Hall–Kier alpha value is -0.160. The maximum atomic E-state index is 9.74. The first-order valence-corrected chi connectivity index (χ1v) is 6.58. The first kappa shape index (κ1) is 14.9. The van der Waals surface area contributed by atoms with Crippen molar-refractivity contribution in [2.75, 3.05) is 39.8 Å². The lowest BCUT2D eigenvalue weighted by Gasteiger charge is -2.22. The van der Waals surface area contributed by atoms with Gasteiger partial charge in [0.1, 0.15) is 0 Å². The lowest BCUT2D eigenvalue weighted by Crippen LogP contribution is -2.36. The summed E-state index contributed by atoms with van der Waals surface area (Å²) >= 11 is 0. The maximum absolute atomic E-state index is 9.74. The Balaban J connectivity index is 2.02. The van der Waals surface area contributed by atoms with Crippen LogP contribution < -0.4 is 5.32 Å². The standard InChI is InChI=1S/C13H28N2O2/c1-13(2,3)17-10-12(16)8-14-7-11-5-6-15(4)9-11/h11-12,14,16H,5-10H2,1-4H3. The SMILES string of the molecule is CN1CCC(CNCC(O)COC(C)(C)C)C1. The van der Waals surface area contributed by atoms with Crippen LogP contribution in [0.5, 0.6) is 0 Å². The second kappa shape index (κ2) is 6.69. The normalized spacial score (nSPS) is 24.2. The van der Waals surface area contributed by atoms with Crippen LogP contribution >= 0.6 is 0 Å². The van der Waals surface area contributed by atoms with E-state index in [0.717, 1.165) is 12.5 Å². The zero-order valence-electron chi connectivity index (χ0n) is 11.7. The molecule has 2 unspecified atom stereocenters. The van der Waals surface area contributed by atoms with Crippen LogP contribution in [-0.2, 0) is 4.74 Å². The Morgan fingerprint density at radius 3 is 2.71 bits per heavy atom. The van der Waals surface area contributed by atoms with Gasteiger partial charge in [-0.25, -0.2) is 0 Å². The Morgan fingerprint density at radius 1 is 1.47 bits per heavy atom. The highest BCUT2D eigenvalue weighted by atomic mass is 16.5. The smallest absolute Gasteiger partial charge is 0.0897 e. The van der Waals surface area contributed by atoms with Gasteiger partial charge in [-0.2, -0.15) is 0 Å². The molecular formula is C13H28N2O2. The molecule has 2 atom stereocenters. The molecule has 1 saturated heterocycles. The monoisotopic (exact) mass is 244 g/mol. The lowest BCUT2D eigenvalue weighted by molar-refractivity contribution is -0.0479. The Morgan fingerprint density at radius 2 is 2.18 bits per heavy atom. The van der Waals surface area contributed by atoms with E-state index in [1.54, 1.807) is 0 Å². The number of rotatable bonds is 6. The van der Waals surface area contributed by atoms with Gasteiger partial charge >= 0.3 is 0 Å². The molecule has 0 saturated carbocycles. The van der Waals surface area contributed by atoms with Crippen LogP contribution in [0.1, 0.15) is 27.2 Å². The van der Waals surface area contributed by atoms with E-state index >= 15 is 0 Å². The van der Waals surface area contributed by atoms with Crippen molar-refractivity contribution in [1.29, 1.82) is 0 Å². The molecule has 1 heterocycles. The van der Waals surface area contributed by atoms with Crippen molar-refractivity contribution < 1.29 is 9.84 Å². The summed E-state index contributed by atoms with van der Waals surface area (Å²) in [5, 5.41) is 13.1. The van der Waals surface area contributed by atoms with Crippen molar-refractivity contribution in [2.24, 2.45) is 5.92 Å². The molecule has 0 spiro atoms. The number of hydrogen-bond donors (Lipinski definition) is 2. The molecule has 4 heteroatoms. The summed E-state index contributed by atoms with van der Waals surface area (Å²) in [7, 11) is 2.16. The molecule has 4 nitrogen and oxygen atoms in total. The Kier molecular flexibility index (Phi) is 5.86. The van der Waals surface area contributed by atoms with Gasteiger partial charge in [0.25, 0.3) is 0 Å². The fourth-order valence-corrected chi connectivity index (χ4v) is 2.05. The van der Waals surface area contributed by atoms with Crippen molar-refractivity contribution >= 4 is 0 Å². The average Bonchev–Trinajstić information content (AvgIpc) is 2.60. The largest absolute Gasteiger partial charge is 0.389 e. The third kappa shape index (κ3) is 6.99. The van der Waals surface area contributed by atoms with Gasteiger partial charge in [-0.05, 0) is 53.2 Å². The van der Waals surface area contributed by atoms with Crippen LogP contribution in [0.15, 0.2) is 0 Å². The number of nitrogens with zero attached hydrogens (tertiary/aromatic N) is 1. The molecule has 0 aromatic heterocycles. The minimum Gasteiger partial charge on any atom is -0.389 e. The van der Waals surface area contributed by atoms with E-state index < -0.39 is 6.10 Å². The molecule has 0 radical (unpaired) electrons. The second-order valence-electron chi connectivity index (χ2n) is 6.15. The quantitative estimate of drug-likeness (QED) is 0.722. The van der Waals surface area contributed by atoms with Gasteiger partial charge in [0.05, 0.1) is 18.3 Å². The molecule has 0 aromatic carbocycles. The summed E-state index contributed by atoms with van der Waals surface area (Å²) in [6, 6.07) is 0. The molecular weight excluding hydrogens is 216 g/mol. The zero-order chi connectivity index (χ0) is 12.9. The maximum Gasteiger partial charge on any atom is 0.0897 e. The van der Waals surface area contributed by atoms with Crippen LogP contribution in [-0.4, -0.2) is 61.5 Å². The summed E-state index contributed by atoms with van der Waals surface area (Å²) in [4.78, 5) is 2.35. The van der Waals surface area contributed by atoms with E-state index in [2.05, 4.69) is 17.3 Å². The predicted molar refractivity (Wildman–Crippen MR) is 70.2 cm³/mol. The van der Waals surface area contributed by atoms with Crippen molar-refractivity contribution in [2.45, 2.75) is 38.9 Å². The van der Waals surface area contributed by atoms with Gasteiger partial charge < -0.3 is 20.1 Å². The third-order valence-corrected chi connectivity index (χ3v) is 3.01. The van der Waals surface area contributed by atoms with Gasteiger partial charge in [-0.15, -0.1) is 0 Å². The average molecular weight is 244 g/mol. The summed E-state index contributed by atoms with van der Waals surface area (Å²) in [6.45, 7) is 10.4. The summed E-state index contributed by atoms with van der Waals surface area (Å²) in [5.41, 5.74) is -0.171. The van der Waals surface area contributed by atoms with E-state index in [1.165, 1.54) is 19.5 Å². The van der Waals surface area contributed by atoms with Gasteiger partial charge in [0.15, 0.2) is 0 Å². The Labute approximate surface area is 105 Å².